The van der Waals surface area contributed by atoms with Gasteiger partial charge in [0.1, 0.15) is 5.82 Å². The Balaban J connectivity index is 1.86. The van der Waals surface area contributed by atoms with E-state index in [1.807, 2.05) is 12.1 Å². The second-order valence-corrected chi connectivity index (χ2v) is 7.20. The summed E-state index contributed by atoms with van der Waals surface area (Å²) in [7, 11) is 0. The summed E-state index contributed by atoms with van der Waals surface area (Å²) in [6.07, 6.45) is 0. The third kappa shape index (κ3) is 3.19. The smallest absolute Gasteiger partial charge is 0.112 e. The maximum Gasteiger partial charge on any atom is 0.112 e. The fourth-order valence-corrected chi connectivity index (χ4v) is 3.89. The van der Waals surface area contributed by atoms with E-state index in [-0.39, 0.29) is 0 Å². The first-order valence-electron chi connectivity index (χ1n) is 7.71. The Bertz CT molecular complexity index is 614. The highest BCUT2D eigenvalue weighted by molar-refractivity contribution is 7.99. The van der Waals surface area contributed by atoms with Crippen molar-refractivity contribution in [3.8, 4) is 0 Å². The summed E-state index contributed by atoms with van der Waals surface area (Å²) in [5.41, 5.74) is 8.91. The van der Waals surface area contributed by atoms with Crippen molar-refractivity contribution in [2.75, 3.05) is 36.9 Å². The van der Waals surface area contributed by atoms with Gasteiger partial charge in [0.05, 0.1) is 11.0 Å². The van der Waals surface area contributed by atoms with Crippen molar-refractivity contribution < 1.29 is 0 Å². The van der Waals surface area contributed by atoms with Crippen molar-refractivity contribution in [3.05, 3.63) is 24.0 Å². The van der Waals surface area contributed by atoms with Gasteiger partial charge in [0.15, 0.2) is 0 Å². The van der Waals surface area contributed by atoms with Crippen molar-refractivity contribution in [3.63, 3.8) is 0 Å². The van der Waals surface area contributed by atoms with Crippen LogP contribution in [0.1, 0.15) is 25.6 Å². The third-order valence-corrected chi connectivity index (χ3v) is 5.00. The molecule has 1 aromatic carbocycles. The minimum absolute atomic E-state index is 0.426. The van der Waals surface area contributed by atoms with Crippen LogP contribution in [0.4, 0.5) is 5.69 Å². The lowest BCUT2D eigenvalue weighted by molar-refractivity contribution is 0.289. The van der Waals surface area contributed by atoms with Crippen LogP contribution in [0.5, 0.6) is 0 Å². The van der Waals surface area contributed by atoms with Gasteiger partial charge in [0.25, 0.3) is 0 Å². The summed E-state index contributed by atoms with van der Waals surface area (Å²) < 4.78 is 2.38. The molecule has 2 heterocycles. The number of nitrogens with zero attached hydrogens (tertiary/aromatic N) is 3. The first kappa shape index (κ1) is 14.7. The number of nitrogen functional groups attached to an aromatic ring is 1. The molecule has 0 aliphatic carbocycles. The quantitative estimate of drug-likeness (QED) is 0.882. The van der Waals surface area contributed by atoms with E-state index >= 15 is 0 Å². The van der Waals surface area contributed by atoms with Gasteiger partial charge in [-0.05, 0) is 18.2 Å². The molecule has 2 aromatic rings. The number of fused-ring (bicyclic) bond motifs is 1. The summed E-state index contributed by atoms with van der Waals surface area (Å²) in [5, 5.41) is 0. The van der Waals surface area contributed by atoms with Gasteiger partial charge < -0.3 is 10.3 Å². The van der Waals surface area contributed by atoms with E-state index in [1.165, 1.54) is 35.9 Å². The molecule has 1 aromatic heterocycles. The van der Waals surface area contributed by atoms with Crippen LogP contribution < -0.4 is 5.73 Å². The van der Waals surface area contributed by atoms with Gasteiger partial charge in [0, 0.05) is 49.3 Å². The first-order valence-corrected chi connectivity index (χ1v) is 8.86. The molecule has 3 rings (SSSR count). The number of thioether (sulfide) groups is 1. The second-order valence-electron chi connectivity index (χ2n) is 5.98. The molecule has 0 unspecified atom stereocenters. The third-order valence-electron chi connectivity index (χ3n) is 4.06. The van der Waals surface area contributed by atoms with E-state index in [9.17, 15) is 0 Å². The summed E-state index contributed by atoms with van der Waals surface area (Å²) in [4.78, 5) is 7.36. The van der Waals surface area contributed by atoms with Gasteiger partial charge in [-0.1, -0.05) is 13.8 Å². The average molecular weight is 304 g/mol. The van der Waals surface area contributed by atoms with Gasteiger partial charge in [-0.2, -0.15) is 11.8 Å². The van der Waals surface area contributed by atoms with Crippen molar-refractivity contribution in [2.45, 2.75) is 26.3 Å². The molecule has 0 saturated carbocycles. The molecule has 1 fully saturated rings. The van der Waals surface area contributed by atoms with E-state index in [1.54, 1.807) is 0 Å². The molecule has 1 saturated heterocycles. The topological polar surface area (TPSA) is 47.1 Å². The van der Waals surface area contributed by atoms with Gasteiger partial charge in [-0.25, -0.2) is 4.98 Å². The van der Waals surface area contributed by atoms with Crippen molar-refractivity contribution in [2.24, 2.45) is 0 Å². The number of aromatic nitrogens is 2. The normalized spacial score (nSPS) is 16.9. The summed E-state index contributed by atoms with van der Waals surface area (Å²) in [6.45, 7) is 8.95. The highest BCUT2D eigenvalue weighted by atomic mass is 32.2. The molecule has 0 bridgehead atoms. The van der Waals surface area contributed by atoms with E-state index in [2.05, 4.69) is 41.1 Å². The van der Waals surface area contributed by atoms with Crippen LogP contribution in [-0.2, 0) is 6.54 Å². The Morgan fingerprint density at radius 1 is 1.24 bits per heavy atom. The summed E-state index contributed by atoms with van der Waals surface area (Å²) in [6, 6.07) is 6.06. The molecular formula is C16H24N4S. The SMILES string of the molecule is CC(C)c1nc2cc(N)ccc2n1CCN1CCSCC1. The molecular weight excluding hydrogens is 280 g/mol. The number of hydrogen-bond acceptors (Lipinski definition) is 4. The standard InChI is InChI=1S/C16H24N4S/c1-12(2)16-18-14-11-13(17)3-4-15(14)20(16)6-5-19-7-9-21-10-8-19/h3-4,11-12H,5-10,17H2,1-2H3. The first-order chi connectivity index (χ1) is 10.1. The average Bonchev–Trinajstić information content (AvgIpc) is 2.84. The number of anilines is 1. The predicted octanol–water partition coefficient (Wildman–Crippen LogP) is 2.79. The molecule has 0 radical (unpaired) electrons. The lowest BCUT2D eigenvalue weighted by Gasteiger charge is -2.26. The van der Waals surface area contributed by atoms with E-state index < -0.39 is 0 Å². The molecule has 2 N–H and O–H groups in total. The Hall–Kier alpha value is -1.20. The second kappa shape index (κ2) is 6.28. The Labute approximate surface area is 130 Å². The Morgan fingerprint density at radius 3 is 2.71 bits per heavy atom. The number of hydrogen-bond donors (Lipinski definition) is 1. The fourth-order valence-electron chi connectivity index (χ4n) is 2.91. The van der Waals surface area contributed by atoms with Crippen LogP contribution in [0.2, 0.25) is 0 Å². The molecule has 1 aliphatic heterocycles. The van der Waals surface area contributed by atoms with Crippen LogP contribution in [0.3, 0.4) is 0 Å². The molecule has 21 heavy (non-hydrogen) atoms. The largest absolute Gasteiger partial charge is 0.399 e. The molecule has 0 atom stereocenters. The predicted molar refractivity (Wildman–Crippen MR) is 92.0 cm³/mol. The highest BCUT2D eigenvalue weighted by Gasteiger charge is 2.16. The Kier molecular flexibility index (Phi) is 4.40. The Morgan fingerprint density at radius 2 is 2.00 bits per heavy atom. The number of imidazole rings is 1. The number of rotatable bonds is 4. The minimum atomic E-state index is 0.426. The summed E-state index contributed by atoms with van der Waals surface area (Å²) in [5.74, 6) is 4.12. The minimum Gasteiger partial charge on any atom is -0.399 e. The lowest BCUT2D eigenvalue weighted by Crippen LogP contribution is -2.35. The van der Waals surface area contributed by atoms with E-state index in [0.717, 1.165) is 24.3 Å². The number of benzene rings is 1. The van der Waals surface area contributed by atoms with Crippen LogP contribution in [0.15, 0.2) is 18.2 Å². The lowest BCUT2D eigenvalue weighted by atomic mass is 10.2. The van der Waals surface area contributed by atoms with Crippen molar-refractivity contribution >= 4 is 28.5 Å². The molecule has 0 spiro atoms. The van der Waals surface area contributed by atoms with Crippen LogP contribution >= 0.6 is 11.8 Å². The van der Waals surface area contributed by atoms with Crippen molar-refractivity contribution in [1.29, 1.82) is 0 Å². The summed E-state index contributed by atoms with van der Waals surface area (Å²) >= 11 is 2.06. The maximum atomic E-state index is 5.89. The zero-order valence-electron chi connectivity index (χ0n) is 12.9. The number of nitrogens with two attached hydrogens (primary N) is 1. The van der Waals surface area contributed by atoms with Crippen LogP contribution in [-0.4, -0.2) is 45.6 Å². The molecule has 0 amide bonds. The molecule has 5 heteroatoms. The molecule has 4 nitrogen and oxygen atoms in total. The van der Waals surface area contributed by atoms with E-state index in [4.69, 9.17) is 10.7 Å². The monoisotopic (exact) mass is 304 g/mol. The van der Waals surface area contributed by atoms with Gasteiger partial charge in [0.2, 0.25) is 0 Å². The molecule has 1 aliphatic rings. The van der Waals surface area contributed by atoms with Crippen LogP contribution in [0, 0.1) is 0 Å². The fraction of sp³-hybridized carbons (Fsp3) is 0.562. The zero-order chi connectivity index (χ0) is 14.8. The van der Waals surface area contributed by atoms with Gasteiger partial charge in [-0.15, -0.1) is 0 Å². The maximum absolute atomic E-state index is 5.89. The highest BCUT2D eigenvalue weighted by Crippen LogP contribution is 2.23. The molecule has 114 valence electrons. The van der Waals surface area contributed by atoms with Crippen molar-refractivity contribution in [1.82, 2.24) is 14.5 Å². The van der Waals surface area contributed by atoms with E-state index in [0.29, 0.717) is 5.92 Å². The zero-order valence-corrected chi connectivity index (χ0v) is 13.7. The van der Waals surface area contributed by atoms with Crippen LogP contribution in [0.25, 0.3) is 11.0 Å². The van der Waals surface area contributed by atoms with Gasteiger partial charge >= 0.3 is 0 Å². The van der Waals surface area contributed by atoms with Gasteiger partial charge in [-0.3, -0.25) is 4.90 Å².